The zero-order valence-corrected chi connectivity index (χ0v) is 14.2. The zero-order chi connectivity index (χ0) is 19.3. The van der Waals surface area contributed by atoms with Gasteiger partial charge < -0.3 is 10.4 Å². The van der Waals surface area contributed by atoms with Crippen LogP contribution in [0.1, 0.15) is 16.8 Å². The summed E-state index contributed by atoms with van der Waals surface area (Å²) in [5.74, 6) is -4.99. The molecule has 0 aliphatic carbocycles. The minimum atomic E-state index is -3.74. The smallest absolute Gasteiger partial charge is 0.326 e. The molecular weight excluding hydrogens is 368 g/mol. The second-order valence-electron chi connectivity index (χ2n) is 5.44. The van der Waals surface area contributed by atoms with E-state index in [9.17, 15) is 31.9 Å². The van der Waals surface area contributed by atoms with E-state index < -0.39 is 57.1 Å². The predicted octanol–water partition coefficient (Wildman–Crippen LogP) is 2.01. The second kappa shape index (κ2) is 8.05. The number of hydrogen-bond acceptors (Lipinski definition) is 4. The van der Waals surface area contributed by atoms with Crippen LogP contribution in [-0.4, -0.2) is 37.2 Å². The molecule has 0 saturated heterocycles. The molecule has 0 spiro atoms. The van der Waals surface area contributed by atoms with Gasteiger partial charge in [-0.3, -0.25) is 4.79 Å². The predicted molar refractivity (Wildman–Crippen MR) is 88.4 cm³/mol. The third-order valence-corrected chi connectivity index (χ3v) is 5.27. The number of aliphatic carboxylic acids is 1. The summed E-state index contributed by atoms with van der Waals surface area (Å²) in [7, 11) is -3.74. The average molecular weight is 383 g/mol. The molecule has 0 heterocycles. The number of carboxylic acid groups (broad SMARTS) is 1. The number of benzene rings is 2. The van der Waals surface area contributed by atoms with Crippen molar-refractivity contribution in [3.8, 4) is 0 Å². The molecule has 2 aromatic rings. The summed E-state index contributed by atoms with van der Waals surface area (Å²) >= 11 is 0. The summed E-state index contributed by atoms with van der Waals surface area (Å²) in [6.07, 6.45) is -0.407. The van der Waals surface area contributed by atoms with Gasteiger partial charge in [0, 0.05) is 11.6 Å². The number of sulfone groups is 1. The van der Waals surface area contributed by atoms with Crippen LogP contribution in [0.4, 0.5) is 8.78 Å². The molecular formula is C17H15F2NO5S. The van der Waals surface area contributed by atoms with Crippen molar-refractivity contribution in [3.05, 3.63) is 65.7 Å². The molecule has 0 fully saturated rings. The SMILES string of the molecule is O=C(N[C@H](CCS(=O)(=O)c1ccccc1)C(=O)O)c1cc(F)cc(F)c1. The molecule has 0 unspecified atom stereocenters. The summed E-state index contributed by atoms with van der Waals surface area (Å²) in [6.45, 7) is 0. The Kier molecular flexibility index (Phi) is 6.04. The number of carbonyl (C=O) groups is 2. The number of carbonyl (C=O) groups excluding carboxylic acids is 1. The Labute approximate surface area is 148 Å². The van der Waals surface area contributed by atoms with Crippen molar-refractivity contribution in [2.75, 3.05) is 5.75 Å². The average Bonchev–Trinajstić information content (AvgIpc) is 2.58. The van der Waals surface area contributed by atoms with Crippen molar-refractivity contribution in [1.82, 2.24) is 5.32 Å². The molecule has 138 valence electrons. The van der Waals surface area contributed by atoms with Gasteiger partial charge in [-0.05, 0) is 30.7 Å². The maximum absolute atomic E-state index is 13.2. The highest BCUT2D eigenvalue weighted by Gasteiger charge is 2.24. The van der Waals surface area contributed by atoms with Gasteiger partial charge in [-0.2, -0.15) is 0 Å². The van der Waals surface area contributed by atoms with Gasteiger partial charge >= 0.3 is 5.97 Å². The first kappa shape index (κ1) is 19.5. The van der Waals surface area contributed by atoms with Gasteiger partial charge in [-0.15, -0.1) is 0 Å². The van der Waals surface area contributed by atoms with Crippen molar-refractivity contribution < 1.29 is 31.9 Å². The van der Waals surface area contributed by atoms with Crippen molar-refractivity contribution in [2.45, 2.75) is 17.4 Å². The minimum absolute atomic E-state index is 0.0302. The highest BCUT2D eigenvalue weighted by atomic mass is 32.2. The van der Waals surface area contributed by atoms with Crippen LogP contribution < -0.4 is 5.32 Å². The van der Waals surface area contributed by atoms with E-state index in [2.05, 4.69) is 5.32 Å². The Morgan fingerprint density at radius 2 is 1.62 bits per heavy atom. The van der Waals surface area contributed by atoms with Crippen molar-refractivity contribution in [2.24, 2.45) is 0 Å². The normalized spacial score (nSPS) is 12.4. The lowest BCUT2D eigenvalue weighted by atomic mass is 10.1. The molecule has 0 saturated carbocycles. The first-order chi connectivity index (χ1) is 12.2. The summed E-state index contributed by atoms with van der Waals surface area (Å²) in [4.78, 5) is 23.3. The third kappa shape index (κ3) is 5.09. The standard InChI is InChI=1S/C17H15F2NO5S/c18-12-8-11(9-13(19)10-12)16(21)20-15(17(22)23)6-7-26(24,25)14-4-2-1-3-5-14/h1-5,8-10,15H,6-7H2,(H,20,21)(H,22,23)/t15-/m1/s1. The molecule has 2 aromatic carbocycles. The van der Waals surface area contributed by atoms with Gasteiger partial charge in [0.25, 0.3) is 5.91 Å². The Balaban J connectivity index is 2.09. The monoisotopic (exact) mass is 383 g/mol. The molecule has 0 bridgehead atoms. The lowest BCUT2D eigenvalue weighted by Gasteiger charge is -2.15. The van der Waals surface area contributed by atoms with Crippen LogP contribution in [0.3, 0.4) is 0 Å². The van der Waals surface area contributed by atoms with Crippen molar-refractivity contribution >= 4 is 21.7 Å². The van der Waals surface area contributed by atoms with Crippen LogP contribution in [0.2, 0.25) is 0 Å². The first-order valence-corrected chi connectivity index (χ1v) is 9.12. The summed E-state index contributed by atoms with van der Waals surface area (Å²) in [5.41, 5.74) is -0.403. The van der Waals surface area contributed by atoms with E-state index in [0.29, 0.717) is 6.07 Å². The molecule has 9 heteroatoms. The maximum atomic E-state index is 13.2. The number of carboxylic acids is 1. The molecule has 1 amide bonds. The van der Waals surface area contributed by atoms with Gasteiger partial charge in [0.2, 0.25) is 0 Å². The Bertz CT molecular complexity index is 896. The van der Waals surface area contributed by atoms with E-state index in [0.717, 1.165) is 12.1 Å². The van der Waals surface area contributed by atoms with Crippen molar-refractivity contribution in [3.63, 3.8) is 0 Å². The van der Waals surface area contributed by atoms with Gasteiger partial charge in [-0.25, -0.2) is 22.0 Å². The molecule has 0 aliphatic rings. The van der Waals surface area contributed by atoms with Crippen molar-refractivity contribution in [1.29, 1.82) is 0 Å². The Morgan fingerprint density at radius 3 is 2.15 bits per heavy atom. The summed E-state index contributed by atoms with van der Waals surface area (Å²) < 4.78 is 50.7. The fourth-order valence-corrected chi connectivity index (χ4v) is 3.56. The fourth-order valence-electron chi connectivity index (χ4n) is 2.20. The summed E-state index contributed by atoms with van der Waals surface area (Å²) in [6, 6.07) is 7.97. The van der Waals surface area contributed by atoms with Crippen LogP contribution in [0.25, 0.3) is 0 Å². The Hall–Kier alpha value is -2.81. The zero-order valence-electron chi connectivity index (χ0n) is 13.4. The molecule has 2 N–H and O–H groups in total. The molecule has 0 aliphatic heterocycles. The number of amides is 1. The number of halogens is 2. The van der Waals surface area contributed by atoms with E-state index in [1.54, 1.807) is 6.07 Å². The highest BCUT2D eigenvalue weighted by molar-refractivity contribution is 7.91. The van der Waals surface area contributed by atoms with Crippen LogP contribution >= 0.6 is 0 Å². The van der Waals surface area contributed by atoms with Crippen LogP contribution in [0.15, 0.2) is 53.4 Å². The minimum Gasteiger partial charge on any atom is -0.480 e. The largest absolute Gasteiger partial charge is 0.480 e. The molecule has 2 rings (SSSR count). The van der Waals surface area contributed by atoms with E-state index in [-0.39, 0.29) is 4.90 Å². The fraction of sp³-hybridized carbons (Fsp3) is 0.176. The van der Waals surface area contributed by atoms with E-state index in [1.165, 1.54) is 24.3 Å². The van der Waals surface area contributed by atoms with Crippen LogP contribution in [-0.2, 0) is 14.6 Å². The lowest BCUT2D eigenvalue weighted by molar-refractivity contribution is -0.139. The number of nitrogens with one attached hydrogen (secondary N) is 1. The maximum Gasteiger partial charge on any atom is 0.326 e. The van der Waals surface area contributed by atoms with Crippen LogP contribution in [0.5, 0.6) is 0 Å². The highest BCUT2D eigenvalue weighted by Crippen LogP contribution is 2.13. The quantitative estimate of drug-likeness (QED) is 0.762. The van der Waals surface area contributed by atoms with Gasteiger partial charge in [-0.1, -0.05) is 18.2 Å². The lowest BCUT2D eigenvalue weighted by Crippen LogP contribution is -2.42. The second-order valence-corrected chi connectivity index (χ2v) is 7.55. The summed E-state index contributed by atoms with van der Waals surface area (Å²) in [5, 5.41) is 11.3. The van der Waals surface area contributed by atoms with Gasteiger partial charge in [0.15, 0.2) is 9.84 Å². The third-order valence-electron chi connectivity index (χ3n) is 3.51. The van der Waals surface area contributed by atoms with Gasteiger partial charge in [0.05, 0.1) is 10.6 Å². The molecule has 6 nitrogen and oxygen atoms in total. The van der Waals surface area contributed by atoms with E-state index in [4.69, 9.17) is 0 Å². The molecule has 0 aromatic heterocycles. The van der Waals surface area contributed by atoms with Crippen LogP contribution in [0, 0.1) is 11.6 Å². The van der Waals surface area contributed by atoms with E-state index >= 15 is 0 Å². The molecule has 26 heavy (non-hydrogen) atoms. The number of hydrogen-bond donors (Lipinski definition) is 2. The topological polar surface area (TPSA) is 101 Å². The molecule has 0 radical (unpaired) electrons. The van der Waals surface area contributed by atoms with E-state index in [1.807, 2.05) is 0 Å². The van der Waals surface area contributed by atoms with Gasteiger partial charge in [0.1, 0.15) is 17.7 Å². The number of rotatable bonds is 7. The molecule has 1 atom stereocenters. The first-order valence-electron chi connectivity index (χ1n) is 7.46. The Morgan fingerprint density at radius 1 is 1.04 bits per heavy atom.